The lowest BCUT2D eigenvalue weighted by Gasteiger charge is -2.35. The van der Waals surface area contributed by atoms with Gasteiger partial charge >= 0.3 is 0 Å². The maximum Gasteiger partial charge on any atom is 0.254 e. The Labute approximate surface area is 182 Å². The zero-order chi connectivity index (χ0) is 21.8. The monoisotopic (exact) mass is 423 g/mol. The molecule has 2 aliphatic heterocycles. The van der Waals surface area contributed by atoms with Gasteiger partial charge < -0.3 is 15.1 Å². The third-order valence-electron chi connectivity index (χ3n) is 6.17. The summed E-state index contributed by atoms with van der Waals surface area (Å²) in [6.07, 6.45) is 6.56. The van der Waals surface area contributed by atoms with Gasteiger partial charge in [-0.25, -0.2) is 0 Å². The molecule has 3 amide bonds. The first-order chi connectivity index (χ1) is 15.0. The van der Waals surface area contributed by atoms with E-state index >= 15 is 0 Å². The van der Waals surface area contributed by atoms with Crippen LogP contribution < -0.4 is 5.32 Å². The number of amides is 3. The second-order valence-electron chi connectivity index (χ2n) is 8.38. The van der Waals surface area contributed by atoms with E-state index in [1.165, 1.54) is 0 Å². The number of rotatable bonds is 5. The third kappa shape index (κ3) is 4.95. The van der Waals surface area contributed by atoms with E-state index in [-0.39, 0.29) is 29.8 Å². The van der Waals surface area contributed by atoms with Crippen molar-refractivity contribution in [3.05, 3.63) is 53.9 Å². The molecule has 2 saturated heterocycles. The summed E-state index contributed by atoms with van der Waals surface area (Å²) in [7, 11) is 1.78. The molecule has 0 radical (unpaired) electrons. The molecule has 164 valence electrons. The van der Waals surface area contributed by atoms with Crippen LogP contribution in [0.5, 0.6) is 0 Å². The molecule has 0 bridgehead atoms. The van der Waals surface area contributed by atoms with Crippen molar-refractivity contribution in [2.45, 2.75) is 44.2 Å². The molecule has 0 aliphatic carbocycles. The van der Waals surface area contributed by atoms with E-state index in [0.717, 1.165) is 18.4 Å². The van der Waals surface area contributed by atoms with Crippen LogP contribution in [0.1, 0.15) is 41.6 Å². The molecule has 31 heavy (non-hydrogen) atoms. The van der Waals surface area contributed by atoms with Crippen LogP contribution >= 0.6 is 0 Å². The van der Waals surface area contributed by atoms with Gasteiger partial charge in [0.2, 0.25) is 11.8 Å². The highest BCUT2D eigenvalue weighted by Crippen LogP contribution is 2.23. The van der Waals surface area contributed by atoms with Gasteiger partial charge in [0.1, 0.15) is 6.04 Å². The van der Waals surface area contributed by atoms with Crippen molar-refractivity contribution in [3.8, 4) is 0 Å². The molecule has 2 aliphatic rings. The van der Waals surface area contributed by atoms with Crippen LogP contribution in [0.4, 0.5) is 0 Å². The van der Waals surface area contributed by atoms with Gasteiger partial charge in [-0.15, -0.1) is 0 Å². The van der Waals surface area contributed by atoms with Crippen LogP contribution in [0.3, 0.4) is 0 Å². The largest absolute Gasteiger partial charge is 0.349 e. The summed E-state index contributed by atoms with van der Waals surface area (Å²) < 4.78 is 1.60. The lowest BCUT2D eigenvalue weighted by atomic mass is 10.0. The summed E-state index contributed by atoms with van der Waals surface area (Å²) in [4.78, 5) is 41.9. The number of aromatic nitrogens is 2. The van der Waals surface area contributed by atoms with Crippen molar-refractivity contribution in [3.63, 3.8) is 0 Å². The Bertz CT molecular complexity index is 934. The SMILES string of the molecule is Cn1cc(C(=O)NC2CCN(C(=O)C3CCCN3C(=O)Cc3ccccc3)CC2)cn1. The van der Waals surface area contributed by atoms with Gasteiger partial charge in [0.05, 0.1) is 18.2 Å². The zero-order valence-corrected chi connectivity index (χ0v) is 17.9. The summed E-state index contributed by atoms with van der Waals surface area (Å²) in [5.74, 6) is -0.0806. The van der Waals surface area contributed by atoms with E-state index in [9.17, 15) is 14.4 Å². The number of piperidine rings is 1. The Balaban J connectivity index is 1.29. The molecule has 1 N–H and O–H groups in total. The Morgan fingerprint density at radius 3 is 2.48 bits per heavy atom. The molecule has 1 atom stereocenters. The predicted octanol–water partition coefficient (Wildman–Crippen LogP) is 1.37. The minimum Gasteiger partial charge on any atom is -0.349 e. The molecule has 8 heteroatoms. The van der Waals surface area contributed by atoms with E-state index in [0.29, 0.717) is 44.5 Å². The minimum atomic E-state index is -0.363. The maximum absolute atomic E-state index is 13.2. The van der Waals surface area contributed by atoms with Crippen LogP contribution in [0.2, 0.25) is 0 Å². The average molecular weight is 424 g/mol. The highest BCUT2D eigenvalue weighted by molar-refractivity contribution is 5.94. The van der Waals surface area contributed by atoms with Gasteiger partial charge in [0.15, 0.2) is 0 Å². The molecule has 0 saturated carbocycles. The Morgan fingerprint density at radius 2 is 1.81 bits per heavy atom. The lowest BCUT2D eigenvalue weighted by Crippen LogP contribution is -2.52. The van der Waals surface area contributed by atoms with E-state index in [1.807, 2.05) is 35.2 Å². The molecule has 1 aromatic carbocycles. The number of hydrogen-bond acceptors (Lipinski definition) is 4. The average Bonchev–Trinajstić information content (AvgIpc) is 3.44. The number of nitrogens with zero attached hydrogens (tertiary/aromatic N) is 4. The molecule has 8 nitrogen and oxygen atoms in total. The number of nitrogens with one attached hydrogen (secondary N) is 1. The van der Waals surface area contributed by atoms with Crippen molar-refractivity contribution in [1.29, 1.82) is 0 Å². The van der Waals surface area contributed by atoms with Crippen LogP contribution in [0.25, 0.3) is 0 Å². The summed E-state index contributed by atoms with van der Waals surface area (Å²) in [6, 6.07) is 9.33. The van der Waals surface area contributed by atoms with Gasteiger partial charge in [-0.3, -0.25) is 19.1 Å². The zero-order valence-electron chi connectivity index (χ0n) is 17.9. The molecular weight excluding hydrogens is 394 g/mol. The second-order valence-corrected chi connectivity index (χ2v) is 8.38. The highest BCUT2D eigenvalue weighted by atomic mass is 16.2. The lowest BCUT2D eigenvalue weighted by molar-refractivity contribution is -0.144. The Kier molecular flexibility index (Phi) is 6.34. The highest BCUT2D eigenvalue weighted by Gasteiger charge is 2.37. The first-order valence-electron chi connectivity index (χ1n) is 10.9. The van der Waals surface area contributed by atoms with E-state index in [2.05, 4.69) is 10.4 Å². The molecule has 2 aromatic rings. The van der Waals surface area contributed by atoms with E-state index in [4.69, 9.17) is 0 Å². The van der Waals surface area contributed by atoms with Crippen LogP contribution in [0.15, 0.2) is 42.7 Å². The number of aryl methyl sites for hydroxylation is 1. The van der Waals surface area contributed by atoms with Crippen molar-refractivity contribution in [2.75, 3.05) is 19.6 Å². The number of benzene rings is 1. The Morgan fingerprint density at radius 1 is 1.06 bits per heavy atom. The van der Waals surface area contributed by atoms with Crippen molar-refractivity contribution in [2.24, 2.45) is 7.05 Å². The molecule has 4 rings (SSSR count). The normalized spacial score (nSPS) is 19.5. The van der Waals surface area contributed by atoms with E-state index < -0.39 is 0 Å². The first kappa shape index (κ1) is 21.1. The predicted molar refractivity (Wildman–Crippen MR) is 115 cm³/mol. The van der Waals surface area contributed by atoms with Gasteiger partial charge in [0, 0.05) is 38.9 Å². The second kappa shape index (κ2) is 9.32. The van der Waals surface area contributed by atoms with Crippen molar-refractivity contribution in [1.82, 2.24) is 24.9 Å². The fourth-order valence-corrected chi connectivity index (χ4v) is 4.46. The topological polar surface area (TPSA) is 87.5 Å². The smallest absolute Gasteiger partial charge is 0.254 e. The quantitative estimate of drug-likeness (QED) is 0.787. The number of carbonyl (C=O) groups excluding carboxylic acids is 3. The van der Waals surface area contributed by atoms with Gasteiger partial charge in [-0.05, 0) is 31.2 Å². The van der Waals surface area contributed by atoms with Crippen LogP contribution in [-0.4, -0.2) is 69.0 Å². The minimum absolute atomic E-state index is 0.0145. The van der Waals surface area contributed by atoms with Crippen LogP contribution in [0, 0.1) is 0 Å². The fourth-order valence-electron chi connectivity index (χ4n) is 4.46. The van der Waals surface area contributed by atoms with Crippen molar-refractivity contribution < 1.29 is 14.4 Å². The molecule has 1 aromatic heterocycles. The van der Waals surface area contributed by atoms with Crippen molar-refractivity contribution >= 4 is 17.7 Å². The van der Waals surface area contributed by atoms with Gasteiger partial charge in [-0.1, -0.05) is 30.3 Å². The van der Waals surface area contributed by atoms with E-state index in [1.54, 1.807) is 29.0 Å². The molecule has 0 spiro atoms. The molecule has 3 heterocycles. The molecular formula is C23H29N5O3. The summed E-state index contributed by atoms with van der Waals surface area (Å²) in [5, 5.41) is 7.07. The summed E-state index contributed by atoms with van der Waals surface area (Å²) >= 11 is 0. The molecule has 2 fully saturated rings. The molecule has 1 unspecified atom stereocenters. The number of likely N-dealkylation sites (tertiary alicyclic amines) is 2. The van der Waals surface area contributed by atoms with Crippen LogP contribution in [-0.2, 0) is 23.1 Å². The number of carbonyl (C=O) groups is 3. The maximum atomic E-state index is 13.2. The van der Waals surface area contributed by atoms with Gasteiger partial charge in [-0.2, -0.15) is 5.10 Å². The number of hydrogen-bond donors (Lipinski definition) is 1. The first-order valence-corrected chi connectivity index (χ1v) is 10.9. The third-order valence-corrected chi connectivity index (χ3v) is 6.17. The standard InChI is InChI=1S/C23H29N5O3/c1-26-16-18(15-24-26)22(30)25-19-9-12-27(13-10-19)23(31)20-8-5-11-28(20)21(29)14-17-6-3-2-4-7-17/h2-4,6-7,15-16,19-20H,5,8-14H2,1H3,(H,25,30). The summed E-state index contributed by atoms with van der Waals surface area (Å²) in [5.41, 5.74) is 1.51. The summed E-state index contributed by atoms with van der Waals surface area (Å²) in [6.45, 7) is 1.82. The fraction of sp³-hybridized carbons (Fsp3) is 0.478. The van der Waals surface area contributed by atoms with Gasteiger partial charge in [0.25, 0.3) is 5.91 Å². The Hall–Kier alpha value is -3.16.